The van der Waals surface area contributed by atoms with Crippen LogP contribution in [-0.2, 0) is 0 Å². The number of carbonyl (C=O) groups is 1. The quantitative estimate of drug-likeness (QED) is 0.723. The molecular formula is C13H8Cl2O. The highest BCUT2D eigenvalue weighted by Crippen LogP contribution is 2.22. The van der Waals surface area contributed by atoms with E-state index in [4.69, 9.17) is 23.2 Å². The third kappa shape index (κ3) is 2.43. The van der Waals surface area contributed by atoms with Crippen molar-refractivity contribution in [2.24, 2.45) is 0 Å². The molecule has 0 N–H and O–H groups in total. The van der Waals surface area contributed by atoms with Gasteiger partial charge in [0, 0.05) is 10.6 Å². The molecule has 2 rings (SSSR count). The lowest BCUT2D eigenvalue weighted by Gasteiger charge is -2.03. The van der Waals surface area contributed by atoms with Crippen LogP contribution in [0.5, 0.6) is 0 Å². The summed E-state index contributed by atoms with van der Waals surface area (Å²) in [5.41, 5.74) is 2.45. The monoisotopic (exact) mass is 250 g/mol. The number of hydrogen-bond acceptors (Lipinski definition) is 1. The standard InChI is InChI=1S/C13H8Cl2O/c14-12-6-4-9(5-7-12)10-2-1-3-11(8-10)13(15)16/h1-8H. The average molecular weight is 251 g/mol. The van der Waals surface area contributed by atoms with Crippen LogP contribution in [0.4, 0.5) is 0 Å². The fraction of sp³-hybridized carbons (Fsp3) is 0. The van der Waals surface area contributed by atoms with Gasteiger partial charge in [0.2, 0.25) is 0 Å². The molecule has 3 heteroatoms. The van der Waals surface area contributed by atoms with E-state index < -0.39 is 5.24 Å². The van der Waals surface area contributed by atoms with Crippen molar-refractivity contribution in [1.29, 1.82) is 0 Å². The smallest absolute Gasteiger partial charge is 0.252 e. The minimum Gasteiger partial charge on any atom is -0.276 e. The van der Waals surface area contributed by atoms with Crippen LogP contribution < -0.4 is 0 Å². The Morgan fingerprint density at radius 3 is 2.25 bits per heavy atom. The summed E-state index contributed by atoms with van der Waals surface area (Å²) in [6, 6.07) is 14.6. The van der Waals surface area contributed by atoms with Crippen LogP contribution in [0.15, 0.2) is 48.5 Å². The highest BCUT2D eigenvalue weighted by atomic mass is 35.5. The van der Waals surface area contributed by atoms with Crippen LogP contribution in [0.2, 0.25) is 5.02 Å². The summed E-state index contributed by atoms with van der Waals surface area (Å²) < 4.78 is 0. The maximum absolute atomic E-state index is 11.0. The van der Waals surface area contributed by atoms with E-state index in [-0.39, 0.29) is 0 Å². The van der Waals surface area contributed by atoms with E-state index in [0.717, 1.165) is 11.1 Å². The Morgan fingerprint density at radius 2 is 1.62 bits per heavy atom. The molecule has 0 unspecified atom stereocenters. The molecule has 0 atom stereocenters. The van der Waals surface area contributed by atoms with Crippen molar-refractivity contribution in [3.63, 3.8) is 0 Å². The van der Waals surface area contributed by atoms with Crippen LogP contribution in [0, 0.1) is 0 Å². The lowest BCUT2D eigenvalue weighted by atomic mass is 10.0. The van der Waals surface area contributed by atoms with E-state index in [0.29, 0.717) is 10.6 Å². The number of halogens is 2. The fourth-order valence-corrected chi connectivity index (χ4v) is 1.71. The molecule has 2 aromatic rings. The summed E-state index contributed by atoms with van der Waals surface area (Å²) in [7, 11) is 0. The van der Waals surface area contributed by atoms with Gasteiger partial charge in [0.05, 0.1) is 0 Å². The van der Waals surface area contributed by atoms with Crippen LogP contribution in [0.25, 0.3) is 11.1 Å². The largest absolute Gasteiger partial charge is 0.276 e. The molecular weight excluding hydrogens is 243 g/mol. The Hall–Kier alpha value is -1.31. The van der Waals surface area contributed by atoms with E-state index in [9.17, 15) is 4.79 Å². The third-order valence-corrected chi connectivity index (χ3v) is 2.74. The number of benzene rings is 2. The molecule has 0 radical (unpaired) electrons. The van der Waals surface area contributed by atoms with Crippen LogP contribution >= 0.6 is 23.2 Å². The molecule has 0 fully saturated rings. The lowest BCUT2D eigenvalue weighted by Crippen LogP contribution is -1.88. The molecule has 0 spiro atoms. The lowest BCUT2D eigenvalue weighted by molar-refractivity contribution is 0.108. The van der Waals surface area contributed by atoms with Gasteiger partial charge in [-0.1, -0.05) is 41.9 Å². The van der Waals surface area contributed by atoms with Gasteiger partial charge in [-0.3, -0.25) is 4.79 Å². The second-order valence-corrected chi connectivity index (χ2v) is 4.14. The van der Waals surface area contributed by atoms with Gasteiger partial charge >= 0.3 is 0 Å². The van der Waals surface area contributed by atoms with Crippen LogP contribution in [0.3, 0.4) is 0 Å². The molecule has 80 valence electrons. The summed E-state index contributed by atoms with van der Waals surface area (Å²) in [6.45, 7) is 0. The van der Waals surface area contributed by atoms with Gasteiger partial charge in [-0.25, -0.2) is 0 Å². The normalized spacial score (nSPS) is 10.1. The minimum atomic E-state index is -0.448. The van der Waals surface area contributed by atoms with Gasteiger partial charge < -0.3 is 0 Å². The molecule has 16 heavy (non-hydrogen) atoms. The molecule has 0 saturated heterocycles. The maximum atomic E-state index is 11.0. The van der Waals surface area contributed by atoms with Gasteiger partial charge in [-0.15, -0.1) is 0 Å². The van der Waals surface area contributed by atoms with Crippen molar-refractivity contribution >= 4 is 28.4 Å². The zero-order valence-electron chi connectivity index (χ0n) is 8.28. The van der Waals surface area contributed by atoms with E-state index in [1.165, 1.54) is 0 Å². The van der Waals surface area contributed by atoms with Crippen molar-refractivity contribution in [3.8, 4) is 11.1 Å². The summed E-state index contributed by atoms with van der Waals surface area (Å²) in [5.74, 6) is 0. The Morgan fingerprint density at radius 1 is 0.938 bits per heavy atom. The molecule has 0 aliphatic heterocycles. The summed E-state index contributed by atoms with van der Waals surface area (Å²) >= 11 is 11.2. The summed E-state index contributed by atoms with van der Waals surface area (Å²) in [4.78, 5) is 11.0. The van der Waals surface area contributed by atoms with Crippen molar-refractivity contribution < 1.29 is 4.79 Å². The van der Waals surface area contributed by atoms with Gasteiger partial charge in [0.1, 0.15) is 0 Å². The topological polar surface area (TPSA) is 17.1 Å². The molecule has 0 amide bonds. The van der Waals surface area contributed by atoms with Crippen molar-refractivity contribution in [2.75, 3.05) is 0 Å². The average Bonchev–Trinajstić information content (AvgIpc) is 2.30. The van der Waals surface area contributed by atoms with Crippen molar-refractivity contribution in [2.45, 2.75) is 0 Å². The van der Waals surface area contributed by atoms with Gasteiger partial charge in [-0.2, -0.15) is 0 Å². The number of carbonyl (C=O) groups excluding carboxylic acids is 1. The van der Waals surface area contributed by atoms with Gasteiger partial charge in [-0.05, 0) is 40.9 Å². The van der Waals surface area contributed by atoms with E-state index in [1.807, 2.05) is 30.3 Å². The zero-order valence-corrected chi connectivity index (χ0v) is 9.79. The van der Waals surface area contributed by atoms with Crippen molar-refractivity contribution in [1.82, 2.24) is 0 Å². The first-order valence-electron chi connectivity index (χ1n) is 4.72. The first-order chi connectivity index (χ1) is 7.66. The third-order valence-electron chi connectivity index (χ3n) is 2.27. The molecule has 2 aromatic carbocycles. The molecule has 0 saturated carbocycles. The second-order valence-electron chi connectivity index (χ2n) is 3.36. The van der Waals surface area contributed by atoms with Gasteiger partial charge in [0.15, 0.2) is 0 Å². The minimum absolute atomic E-state index is 0.448. The Kier molecular flexibility index (Phi) is 3.28. The highest BCUT2D eigenvalue weighted by Gasteiger charge is 2.03. The van der Waals surface area contributed by atoms with E-state index >= 15 is 0 Å². The van der Waals surface area contributed by atoms with Gasteiger partial charge in [0.25, 0.3) is 5.24 Å². The highest BCUT2D eigenvalue weighted by molar-refractivity contribution is 6.67. The Bertz CT molecular complexity index is 518. The first kappa shape index (κ1) is 11.2. The number of rotatable bonds is 2. The molecule has 0 heterocycles. The Labute approximate surface area is 104 Å². The summed E-state index contributed by atoms with van der Waals surface area (Å²) in [6.07, 6.45) is 0. The van der Waals surface area contributed by atoms with E-state index in [2.05, 4.69) is 0 Å². The maximum Gasteiger partial charge on any atom is 0.252 e. The molecule has 1 nitrogen and oxygen atoms in total. The molecule has 0 aromatic heterocycles. The first-order valence-corrected chi connectivity index (χ1v) is 5.48. The predicted octanol–water partition coefficient (Wildman–Crippen LogP) is 4.39. The fourth-order valence-electron chi connectivity index (χ4n) is 1.46. The van der Waals surface area contributed by atoms with Crippen molar-refractivity contribution in [3.05, 3.63) is 59.1 Å². The van der Waals surface area contributed by atoms with E-state index in [1.54, 1.807) is 18.2 Å². The number of hydrogen-bond donors (Lipinski definition) is 0. The SMILES string of the molecule is O=C(Cl)c1cccc(-c2ccc(Cl)cc2)c1. The summed E-state index contributed by atoms with van der Waals surface area (Å²) in [5, 5.41) is 0.240. The molecule has 0 aliphatic rings. The molecule has 0 aliphatic carbocycles. The Balaban J connectivity index is 2.44. The zero-order chi connectivity index (χ0) is 11.5. The second kappa shape index (κ2) is 4.69. The molecule has 0 bridgehead atoms. The predicted molar refractivity (Wildman–Crippen MR) is 67.1 cm³/mol. The van der Waals surface area contributed by atoms with Crippen LogP contribution in [0.1, 0.15) is 10.4 Å². The van der Waals surface area contributed by atoms with Crippen LogP contribution in [-0.4, -0.2) is 5.24 Å².